The van der Waals surface area contributed by atoms with Gasteiger partial charge in [0.1, 0.15) is 12.4 Å². The van der Waals surface area contributed by atoms with Crippen LogP contribution in [0.5, 0.6) is 5.75 Å². The van der Waals surface area contributed by atoms with Gasteiger partial charge < -0.3 is 19.9 Å². The lowest BCUT2D eigenvalue weighted by Gasteiger charge is -2.16. The molecule has 28 heavy (non-hydrogen) atoms. The highest BCUT2D eigenvalue weighted by molar-refractivity contribution is 6.00. The third kappa shape index (κ3) is 5.06. The molecular weight excluding hydrogens is 358 g/mol. The van der Waals surface area contributed by atoms with Crippen molar-refractivity contribution in [3.05, 3.63) is 33.9 Å². The summed E-state index contributed by atoms with van der Waals surface area (Å²) in [7, 11) is 1.60. The van der Waals surface area contributed by atoms with Crippen LogP contribution < -0.4 is 10.5 Å². The van der Waals surface area contributed by atoms with Crippen molar-refractivity contribution in [3.63, 3.8) is 0 Å². The number of hydrogen-bond acceptors (Lipinski definition) is 6. The SMILES string of the molecule is COc1c(C)c2c(c(N)c1CC=C(C)CCC(=O)OCCC(C)C)C(=O)OC2. The number of ether oxygens (including phenoxy) is 3. The van der Waals surface area contributed by atoms with Crippen LogP contribution in [-0.2, 0) is 27.3 Å². The summed E-state index contributed by atoms with van der Waals surface area (Å²) in [5.41, 5.74) is 10.7. The average molecular weight is 389 g/mol. The van der Waals surface area contributed by atoms with Gasteiger partial charge in [-0.1, -0.05) is 25.5 Å². The van der Waals surface area contributed by atoms with Crippen molar-refractivity contribution in [2.24, 2.45) is 5.92 Å². The maximum Gasteiger partial charge on any atom is 0.341 e. The Morgan fingerprint density at radius 3 is 2.68 bits per heavy atom. The number of esters is 2. The van der Waals surface area contributed by atoms with Gasteiger partial charge in [0.2, 0.25) is 0 Å². The van der Waals surface area contributed by atoms with Crippen molar-refractivity contribution < 1.29 is 23.8 Å². The number of nitrogens with two attached hydrogens (primary N) is 1. The summed E-state index contributed by atoms with van der Waals surface area (Å²) in [5, 5.41) is 0. The highest BCUT2D eigenvalue weighted by atomic mass is 16.5. The molecule has 6 nitrogen and oxygen atoms in total. The fourth-order valence-corrected chi connectivity index (χ4v) is 3.25. The molecule has 2 N–H and O–H groups in total. The van der Waals surface area contributed by atoms with Crippen molar-refractivity contribution in [3.8, 4) is 5.75 Å². The fraction of sp³-hybridized carbons (Fsp3) is 0.545. The highest BCUT2D eigenvalue weighted by Gasteiger charge is 2.30. The van der Waals surface area contributed by atoms with Crippen LogP contribution in [0.3, 0.4) is 0 Å². The number of carbonyl (C=O) groups is 2. The molecule has 0 unspecified atom stereocenters. The van der Waals surface area contributed by atoms with Crippen molar-refractivity contribution in [2.45, 2.75) is 60.0 Å². The van der Waals surface area contributed by atoms with Gasteiger partial charge in [0.15, 0.2) is 0 Å². The molecule has 1 aliphatic rings. The normalized spacial score (nSPS) is 13.5. The lowest BCUT2D eigenvalue weighted by atomic mass is 9.94. The third-order valence-corrected chi connectivity index (χ3v) is 5.06. The van der Waals surface area contributed by atoms with Gasteiger partial charge in [-0.15, -0.1) is 0 Å². The van der Waals surface area contributed by atoms with Gasteiger partial charge in [-0.05, 0) is 44.6 Å². The van der Waals surface area contributed by atoms with Crippen LogP contribution in [-0.4, -0.2) is 25.7 Å². The molecule has 2 rings (SSSR count). The molecule has 1 heterocycles. The molecule has 6 heteroatoms. The molecule has 0 atom stereocenters. The van der Waals surface area contributed by atoms with Crippen LogP contribution in [0.15, 0.2) is 11.6 Å². The molecule has 0 spiro atoms. The Bertz CT molecular complexity index is 780. The molecule has 1 aliphatic heterocycles. The van der Waals surface area contributed by atoms with Crippen molar-refractivity contribution in [2.75, 3.05) is 19.5 Å². The monoisotopic (exact) mass is 389 g/mol. The smallest absolute Gasteiger partial charge is 0.341 e. The van der Waals surface area contributed by atoms with Gasteiger partial charge in [-0.2, -0.15) is 0 Å². The lowest BCUT2D eigenvalue weighted by molar-refractivity contribution is -0.143. The Morgan fingerprint density at radius 1 is 1.32 bits per heavy atom. The van der Waals surface area contributed by atoms with Gasteiger partial charge >= 0.3 is 11.9 Å². The number of allylic oxidation sites excluding steroid dienone is 2. The summed E-state index contributed by atoms with van der Waals surface area (Å²) >= 11 is 0. The largest absolute Gasteiger partial charge is 0.496 e. The summed E-state index contributed by atoms with van der Waals surface area (Å²) in [6, 6.07) is 0. The van der Waals surface area contributed by atoms with Crippen LogP contribution >= 0.6 is 0 Å². The van der Waals surface area contributed by atoms with Crippen molar-refractivity contribution in [1.82, 2.24) is 0 Å². The number of nitrogen functional groups attached to an aromatic ring is 1. The molecule has 0 saturated carbocycles. The number of methoxy groups -OCH3 is 1. The van der Waals surface area contributed by atoms with E-state index in [1.54, 1.807) is 7.11 Å². The predicted octanol–water partition coefficient (Wildman–Crippen LogP) is 4.11. The molecular formula is C22H31NO5. The Kier molecular flexibility index (Phi) is 7.49. The minimum atomic E-state index is -0.385. The van der Waals surface area contributed by atoms with Crippen molar-refractivity contribution in [1.29, 1.82) is 0 Å². The van der Waals surface area contributed by atoms with Gasteiger partial charge in [0, 0.05) is 17.5 Å². The lowest BCUT2D eigenvalue weighted by Crippen LogP contribution is -2.08. The Hall–Kier alpha value is -2.50. The molecule has 0 bridgehead atoms. The van der Waals surface area contributed by atoms with Crippen LogP contribution in [0.4, 0.5) is 5.69 Å². The standard InChI is InChI=1S/C22H31NO5/c1-13(2)10-11-27-18(24)9-7-14(3)6-8-16-20(23)19-17(12-28-22(19)25)15(4)21(16)26-5/h6,13H,7-12,23H2,1-5H3. The zero-order chi connectivity index (χ0) is 20.8. The molecule has 154 valence electrons. The van der Waals surface area contributed by atoms with E-state index in [9.17, 15) is 9.59 Å². The quantitative estimate of drug-likeness (QED) is 0.388. The van der Waals surface area contributed by atoms with Gasteiger partial charge in [0.05, 0.1) is 25.0 Å². The minimum Gasteiger partial charge on any atom is -0.496 e. The van der Waals surface area contributed by atoms with E-state index in [0.717, 1.165) is 28.7 Å². The van der Waals surface area contributed by atoms with E-state index in [4.69, 9.17) is 19.9 Å². The number of fused-ring (bicyclic) bond motifs is 1. The highest BCUT2D eigenvalue weighted by Crippen LogP contribution is 2.39. The Balaban J connectivity index is 2.05. The fourth-order valence-electron chi connectivity index (χ4n) is 3.25. The molecule has 0 saturated heterocycles. The molecule has 0 aromatic heterocycles. The van der Waals surface area contributed by atoms with E-state index in [0.29, 0.717) is 48.8 Å². The number of cyclic esters (lactones) is 1. The first-order valence-corrected chi connectivity index (χ1v) is 9.72. The summed E-state index contributed by atoms with van der Waals surface area (Å²) < 4.78 is 15.9. The van der Waals surface area contributed by atoms with Crippen LogP contribution in [0.2, 0.25) is 0 Å². The van der Waals surface area contributed by atoms with E-state index < -0.39 is 0 Å². The van der Waals surface area contributed by atoms with Gasteiger partial charge in [-0.3, -0.25) is 4.79 Å². The number of rotatable bonds is 9. The molecule has 0 aliphatic carbocycles. The average Bonchev–Trinajstić information content (AvgIpc) is 3.03. The van der Waals surface area contributed by atoms with E-state index in [2.05, 4.69) is 13.8 Å². The number of benzene rings is 1. The van der Waals surface area contributed by atoms with E-state index in [-0.39, 0.29) is 18.5 Å². The topological polar surface area (TPSA) is 87.9 Å². The van der Waals surface area contributed by atoms with E-state index >= 15 is 0 Å². The Labute approximate surface area is 167 Å². The minimum absolute atomic E-state index is 0.179. The first kappa shape index (κ1) is 21.8. The van der Waals surface area contributed by atoms with Gasteiger partial charge in [0.25, 0.3) is 0 Å². The van der Waals surface area contributed by atoms with E-state index in [1.165, 1.54) is 0 Å². The second-order valence-corrected chi connectivity index (χ2v) is 7.64. The van der Waals surface area contributed by atoms with E-state index in [1.807, 2.05) is 19.9 Å². The Morgan fingerprint density at radius 2 is 2.04 bits per heavy atom. The van der Waals surface area contributed by atoms with Gasteiger partial charge in [-0.25, -0.2) is 4.79 Å². The van der Waals surface area contributed by atoms with Crippen molar-refractivity contribution >= 4 is 17.6 Å². The third-order valence-electron chi connectivity index (χ3n) is 5.06. The maximum absolute atomic E-state index is 12.0. The zero-order valence-electron chi connectivity index (χ0n) is 17.5. The summed E-state index contributed by atoms with van der Waals surface area (Å²) in [6.07, 6.45) is 4.38. The van der Waals surface area contributed by atoms with Crippen LogP contribution in [0.25, 0.3) is 0 Å². The van der Waals surface area contributed by atoms with Crippen LogP contribution in [0.1, 0.15) is 67.1 Å². The summed E-state index contributed by atoms with van der Waals surface area (Å²) in [6.45, 7) is 8.78. The second kappa shape index (κ2) is 9.62. The van der Waals surface area contributed by atoms with Crippen LogP contribution in [0, 0.1) is 12.8 Å². The molecule has 0 amide bonds. The molecule has 0 fully saturated rings. The summed E-state index contributed by atoms with van der Waals surface area (Å²) in [4.78, 5) is 23.9. The molecule has 1 aromatic rings. The molecule has 0 radical (unpaired) electrons. The first-order chi connectivity index (χ1) is 13.3. The number of anilines is 1. The summed E-state index contributed by atoms with van der Waals surface area (Å²) in [5.74, 6) is 0.639. The molecule has 1 aromatic carbocycles. The first-order valence-electron chi connectivity index (χ1n) is 9.72. The predicted molar refractivity (Wildman–Crippen MR) is 108 cm³/mol. The number of carbonyl (C=O) groups excluding carboxylic acids is 2. The maximum atomic E-state index is 12.0. The number of hydrogen-bond donors (Lipinski definition) is 1. The zero-order valence-corrected chi connectivity index (χ0v) is 17.5. The second-order valence-electron chi connectivity index (χ2n) is 7.64.